The van der Waals surface area contributed by atoms with E-state index in [1.807, 2.05) is 0 Å². The van der Waals surface area contributed by atoms with Crippen LogP contribution in [-0.4, -0.2) is 42.9 Å². The summed E-state index contributed by atoms with van der Waals surface area (Å²) < 4.78 is 58.7. The number of aromatic amines is 1. The van der Waals surface area contributed by atoms with Crippen LogP contribution in [0.4, 0.5) is 14.5 Å². The van der Waals surface area contributed by atoms with E-state index in [0.717, 1.165) is 11.3 Å². The fourth-order valence-corrected chi connectivity index (χ4v) is 6.41. The fourth-order valence-electron chi connectivity index (χ4n) is 3.04. The molecular weight excluding hydrogens is 456 g/mol. The topological polar surface area (TPSA) is 91.8 Å². The number of aliphatic imine (C=N–C) groups is 1. The number of para-hydroxylation sites is 1. The third-order valence-electron chi connectivity index (χ3n) is 4.21. The molecule has 1 atom stereocenters. The van der Waals surface area contributed by atoms with Crippen LogP contribution in [0.15, 0.2) is 51.0 Å². The van der Waals surface area contributed by atoms with Gasteiger partial charge in [-0.1, -0.05) is 30.0 Å². The minimum atomic E-state index is -4.44. The maximum Gasteiger partial charge on any atom is 0.328 e. The summed E-state index contributed by atoms with van der Waals surface area (Å²) in [7, 11) is -4.44. The molecule has 30 heavy (non-hydrogen) atoms. The zero-order valence-electron chi connectivity index (χ0n) is 15.4. The first-order valence-electron chi connectivity index (χ1n) is 8.64. The number of alkyl halides is 2. The van der Waals surface area contributed by atoms with Crippen molar-refractivity contribution >= 4 is 60.7 Å². The van der Waals surface area contributed by atoms with E-state index in [9.17, 15) is 22.0 Å². The normalized spacial score (nSPS) is 16.8. The van der Waals surface area contributed by atoms with Gasteiger partial charge in [0.25, 0.3) is 10.0 Å². The van der Waals surface area contributed by atoms with Gasteiger partial charge >= 0.3 is 12.5 Å². The third-order valence-corrected chi connectivity index (χ3v) is 8.39. The Hall–Kier alpha value is -2.44. The minimum absolute atomic E-state index is 0.118. The van der Waals surface area contributed by atoms with Crippen molar-refractivity contribution in [3.8, 4) is 0 Å². The van der Waals surface area contributed by atoms with E-state index < -0.39 is 28.0 Å². The Bertz CT molecular complexity index is 1220. The molecule has 1 unspecified atom stereocenters. The number of carbonyl (C=O) groups is 1. The molecule has 0 aliphatic carbocycles. The number of fused-ring (bicyclic) bond motifs is 1. The number of H-pyrrole nitrogens is 1. The van der Waals surface area contributed by atoms with E-state index in [1.54, 1.807) is 12.1 Å². The number of hydrogen-bond donors (Lipinski definition) is 1. The second-order valence-electron chi connectivity index (χ2n) is 6.24. The number of nitrogens with zero attached hydrogens (tertiary/aromatic N) is 2. The number of thioether (sulfide) groups is 1. The van der Waals surface area contributed by atoms with E-state index in [2.05, 4.69) is 9.98 Å². The fraction of sp³-hybridized carbons (Fsp3) is 0.222. The molecule has 158 valence electrons. The Balaban J connectivity index is 1.74. The number of nitrogens with one attached hydrogen (secondary N) is 1. The lowest BCUT2D eigenvalue weighted by molar-refractivity contribution is -0.141. The van der Waals surface area contributed by atoms with Gasteiger partial charge in [-0.05, 0) is 23.6 Å². The monoisotopic (exact) mass is 471 g/mol. The second kappa shape index (κ2) is 8.00. The van der Waals surface area contributed by atoms with Crippen molar-refractivity contribution in [1.29, 1.82) is 0 Å². The molecule has 0 saturated carbocycles. The van der Waals surface area contributed by atoms with Gasteiger partial charge < -0.3 is 9.72 Å². The summed E-state index contributed by atoms with van der Waals surface area (Å²) in [5.74, 6) is -0.422. The van der Waals surface area contributed by atoms with Gasteiger partial charge in [0.1, 0.15) is 9.25 Å². The first-order valence-corrected chi connectivity index (χ1v) is 11.8. The maximum absolute atomic E-state index is 13.9. The van der Waals surface area contributed by atoms with Crippen molar-refractivity contribution in [2.75, 3.05) is 10.8 Å². The van der Waals surface area contributed by atoms with Crippen LogP contribution >= 0.6 is 23.1 Å². The molecule has 1 N–H and O–H groups in total. The van der Waals surface area contributed by atoms with Gasteiger partial charge in [0, 0.05) is 12.3 Å². The summed E-state index contributed by atoms with van der Waals surface area (Å²) in [5, 5.41) is 2.61. The summed E-state index contributed by atoms with van der Waals surface area (Å²) in [6.45, 7) is -1.70. The molecule has 0 saturated heterocycles. The van der Waals surface area contributed by atoms with E-state index in [-0.39, 0.29) is 26.3 Å². The quantitative estimate of drug-likeness (QED) is 0.433. The van der Waals surface area contributed by atoms with E-state index >= 15 is 0 Å². The van der Waals surface area contributed by atoms with Crippen LogP contribution in [0.2, 0.25) is 0 Å². The van der Waals surface area contributed by atoms with Gasteiger partial charge in [0.05, 0.1) is 23.4 Å². The summed E-state index contributed by atoms with van der Waals surface area (Å²) in [6, 6.07) is 9.00. The number of carbonyl (C=O) groups excluding carboxylic acids is 1. The molecule has 0 amide bonds. The summed E-state index contributed by atoms with van der Waals surface area (Å²) in [4.78, 5) is 18.5. The molecule has 0 spiro atoms. The van der Waals surface area contributed by atoms with Gasteiger partial charge in [-0.3, -0.25) is 9.79 Å². The van der Waals surface area contributed by atoms with E-state index in [0.29, 0.717) is 16.1 Å². The lowest BCUT2D eigenvalue weighted by Crippen LogP contribution is -2.35. The molecule has 3 heterocycles. The van der Waals surface area contributed by atoms with Crippen LogP contribution in [0, 0.1) is 0 Å². The lowest BCUT2D eigenvalue weighted by atomic mass is 10.2. The minimum Gasteiger partial charge on any atom is -0.449 e. The molecule has 2 aromatic heterocycles. The maximum atomic E-state index is 13.9. The summed E-state index contributed by atoms with van der Waals surface area (Å²) >= 11 is 2.10. The molecule has 12 heteroatoms. The zero-order valence-corrected chi connectivity index (χ0v) is 17.9. The molecule has 0 bridgehead atoms. The largest absolute Gasteiger partial charge is 0.449 e. The van der Waals surface area contributed by atoms with Crippen LogP contribution < -0.4 is 4.31 Å². The van der Waals surface area contributed by atoms with Crippen LogP contribution in [0.25, 0.3) is 10.9 Å². The predicted octanol–water partition coefficient (Wildman–Crippen LogP) is 4.03. The van der Waals surface area contributed by atoms with Gasteiger partial charge in [-0.2, -0.15) is 8.78 Å². The SMILES string of the molecule is CC(=O)OC1CN=C(c2cc3cccc(N(C(F)F)S(=O)(=O)c4cccs4)c3[nH]2)S1. The molecule has 3 aromatic rings. The Morgan fingerprint density at radius 2 is 2.13 bits per heavy atom. The first-order chi connectivity index (χ1) is 14.3. The van der Waals surface area contributed by atoms with E-state index in [1.165, 1.54) is 48.3 Å². The molecule has 1 aliphatic heterocycles. The number of halogens is 2. The number of thiophene rings is 1. The van der Waals surface area contributed by atoms with Crippen molar-refractivity contribution in [2.24, 2.45) is 4.99 Å². The van der Waals surface area contributed by atoms with Crippen molar-refractivity contribution in [1.82, 2.24) is 4.98 Å². The van der Waals surface area contributed by atoms with Crippen molar-refractivity contribution in [3.63, 3.8) is 0 Å². The van der Waals surface area contributed by atoms with Crippen molar-refractivity contribution in [2.45, 2.75) is 23.1 Å². The van der Waals surface area contributed by atoms with Gasteiger partial charge in [-0.25, -0.2) is 12.7 Å². The molecule has 7 nitrogen and oxygen atoms in total. The average molecular weight is 472 g/mol. The number of sulfonamides is 1. The highest BCUT2D eigenvalue weighted by Gasteiger charge is 2.34. The number of anilines is 1. The summed E-state index contributed by atoms with van der Waals surface area (Å²) in [6.07, 6.45) is 0. The van der Waals surface area contributed by atoms with Crippen molar-refractivity contribution in [3.05, 3.63) is 47.5 Å². The molecule has 0 fully saturated rings. The number of hydrogen-bond acceptors (Lipinski definition) is 7. The zero-order chi connectivity index (χ0) is 21.5. The predicted molar refractivity (Wildman–Crippen MR) is 113 cm³/mol. The highest BCUT2D eigenvalue weighted by atomic mass is 32.2. The third kappa shape index (κ3) is 3.82. The summed E-state index contributed by atoms with van der Waals surface area (Å²) in [5.41, 5.74) is 0.148. The number of rotatable bonds is 6. The second-order valence-corrected chi connectivity index (χ2v) is 10.4. The average Bonchev–Trinajstić information content (AvgIpc) is 3.41. The van der Waals surface area contributed by atoms with Gasteiger partial charge in [-0.15, -0.1) is 11.3 Å². The molecule has 4 rings (SSSR count). The smallest absolute Gasteiger partial charge is 0.328 e. The van der Waals surface area contributed by atoms with Crippen LogP contribution in [0.3, 0.4) is 0 Å². The van der Waals surface area contributed by atoms with Crippen molar-refractivity contribution < 1.29 is 26.7 Å². The van der Waals surface area contributed by atoms with Crippen LogP contribution in [0.5, 0.6) is 0 Å². The Morgan fingerprint density at radius 3 is 2.80 bits per heavy atom. The highest BCUT2D eigenvalue weighted by Crippen LogP contribution is 2.36. The molecule has 1 aromatic carbocycles. The number of ether oxygens (including phenoxy) is 1. The highest BCUT2D eigenvalue weighted by molar-refractivity contribution is 8.15. The molecular formula is C18H15F2N3O4S3. The van der Waals surface area contributed by atoms with Gasteiger partial charge in [0.15, 0.2) is 5.44 Å². The first kappa shape index (κ1) is 20.8. The number of aromatic nitrogens is 1. The molecule has 1 aliphatic rings. The van der Waals surface area contributed by atoms with Gasteiger partial charge in [0.2, 0.25) is 0 Å². The Morgan fingerprint density at radius 1 is 1.33 bits per heavy atom. The lowest BCUT2D eigenvalue weighted by Gasteiger charge is -2.23. The number of esters is 1. The Kier molecular flexibility index (Phi) is 5.55. The number of benzene rings is 1. The Labute approximate surface area is 178 Å². The van der Waals surface area contributed by atoms with Crippen LogP contribution in [0.1, 0.15) is 12.6 Å². The molecule has 0 radical (unpaired) electrons. The van der Waals surface area contributed by atoms with Crippen LogP contribution in [-0.2, 0) is 19.6 Å². The van der Waals surface area contributed by atoms with E-state index in [4.69, 9.17) is 4.74 Å². The standard InChI is InChI=1S/C18H15F2N3O4S3/c1-10(24)27-14-9-21-17(29-14)12-8-11-4-2-5-13(16(11)22-12)23(18(19)20)30(25,26)15-6-3-7-28-15/h2-8,14,18,22H,9H2,1H3.